The van der Waals surface area contributed by atoms with Gasteiger partial charge >= 0.3 is 0 Å². The Labute approximate surface area is 164 Å². The zero-order chi connectivity index (χ0) is 17.9. The minimum Gasteiger partial charge on any atom is -0.338 e. The van der Waals surface area contributed by atoms with E-state index in [2.05, 4.69) is 0 Å². The number of carbonyl (C=O) groups excluding carboxylic acids is 2. The van der Waals surface area contributed by atoms with Gasteiger partial charge in [0, 0.05) is 31.2 Å². The molecule has 0 aliphatic carbocycles. The molecule has 140 valence electrons. The lowest BCUT2D eigenvalue weighted by molar-refractivity contribution is -0.135. The molecule has 1 aliphatic rings. The molecule has 0 spiro atoms. The summed E-state index contributed by atoms with van der Waals surface area (Å²) in [7, 11) is 0. The molecule has 8 heteroatoms. The van der Waals surface area contributed by atoms with Crippen molar-refractivity contribution in [2.45, 2.75) is 26.3 Å². The molecule has 1 fully saturated rings. The summed E-state index contributed by atoms with van der Waals surface area (Å²) in [5, 5.41) is 0.829. The summed E-state index contributed by atoms with van der Waals surface area (Å²) >= 11 is 12.0. The molecule has 2 amide bonds. The van der Waals surface area contributed by atoms with Crippen LogP contribution in [0.4, 0.5) is 0 Å². The van der Waals surface area contributed by atoms with E-state index in [0.29, 0.717) is 41.8 Å². The quantitative estimate of drug-likeness (QED) is 0.832. The number of nitrogens with zero attached hydrogens (tertiary/aromatic N) is 2. The van der Waals surface area contributed by atoms with E-state index in [1.54, 1.807) is 28.0 Å². The molecule has 2 atom stereocenters. The Morgan fingerprint density at radius 2 is 1.72 bits per heavy atom. The van der Waals surface area contributed by atoms with Gasteiger partial charge in [-0.15, -0.1) is 12.4 Å². The van der Waals surface area contributed by atoms with Gasteiger partial charge in [-0.25, -0.2) is 0 Å². The minimum absolute atomic E-state index is 0. The van der Waals surface area contributed by atoms with Crippen molar-refractivity contribution in [3.05, 3.63) is 33.8 Å². The molecule has 2 unspecified atom stereocenters. The first kappa shape index (κ1) is 22.0. The first-order chi connectivity index (χ1) is 11.3. The van der Waals surface area contributed by atoms with Crippen LogP contribution < -0.4 is 5.73 Å². The summed E-state index contributed by atoms with van der Waals surface area (Å²) in [6.45, 7) is 5.91. The van der Waals surface area contributed by atoms with Gasteiger partial charge in [0.1, 0.15) is 0 Å². The lowest BCUT2D eigenvalue weighted by atomic mass is 9.98. The van der Waals surface area contributed by atoms with E-state index in [4.69, 9.17) is 28.9 Å². The van der Waals surface area contributed by atoms with Crippen molar-refractivity contribution >= 4 is 47.4 Å². The van der Waals surface area contributed by atoms with E-state index >= 15 is 0 Å². The van der Waals surface area contributed by atoms with Crippen molar-refractivity contribution < 1.29 is 9.59 Å². The highest BCUT2D eigenvalue weighted by Crippen LogP contribution is 2.23. The molecule has 1 saturated heterocycles. The maximum absolute atomic E-state index is 12.6. The summed E-state index contributed by atoms with van der Waals surface area (Å²) in [5.41, 5.74) is 6.45. The highest BCUT2D eigenvalue weighted by Gasteiger charge is 2.29. The summed E-state index contributed by atoms with van der Waals surface area (Å²) in [6, 6.07) is 4.35. The Balaban J connectivity index is 0.00000312. The predicted octanol–water partition coefficient (Wildman–Crippen LogP) is 3.07. The molecule has 2 rings (SSSR count). The van der Waals surface area contributed by atoms with Crippen LogP contribution in [0.15, 0.2) is 18.2 Å². The molecule has 5 nitrogen and oxygen atoms in total. The third-order valence-corrected chi connectivity index (χ3v) is 5.13. The molecule has 1 aromatic carbocycles. The fourth-order valence-electron chi connectivity index (χ4n) is 2.67. The van der Waals surface area contributed by atoms with Gasteiger partial charge in [-0.3, -0.25) is 9.59 Å². The molecule has 2 N–H and O–H groups in total. The Morgan fingerprint density at radius 1 is 1.16 bits per heavy atom. The highest BCUT2D eigenvalue weighted by atomic mass is 35.5. The molecule has 0 radical (unpaired) electrons. The van der Waals surface area contributed by atoms with E-state index in [1.165, 1.54) is 0 Å². The van der Waals surface area contributed by atoms with Crippen LogP contribution in [0.25, 0.3) is 0 Å². The summed E-state index contributed by atoms with van der Waals surface area (Å²) < 4.78 is 0. The number of benzene rings is 1. The van der Waals surface area contributed by atoms with Gasteiger partial charge in [-0.1, -0.05) is 43.5 Å². The number of piperazine rings is 1. The lowest BCUT2D eigenvalue weighted by Gasteiger charge is -2.36. The third kappa shape index (κ3) is 5.23. The third-order valence-electron chi connectivity index (χ3n) is 4.58. The van der Waals surface area contributed by atoms with Gasteiger partial charge < -0.3 is 15.5 Å². The minimum atomic E-state index is -0.483. The van der Waals surface area contributed by atoms with E-state index < -0.39 is 6.04 Å². The van der Waals surface area contributed by atoms with Crippen LogP contribution in [0.2, 0.25) is 10.0 Å². The lowest BCUT2D eigenvalue weighted by Crippen LogP contribution is -2.55. The van der Waals surface area contributed by atoms with Crippen molar-refractivity contribution in [1.29, 1.82) is 0 Å². The highest BCUT2D eigenvalue weighted by molar-refractivity contribution is 6.36. The first-order valence-electron chi connectivity index (χ1n) is 8.13. The fourth-order valence-corrected chi connectivity index (χ4v) is 3.16. The van der Waals surface area contributed by atoms with Crippen LogP contribution in [0.5, 0.6) is 0 Å². The molecule has 0 saturated carbocycles. The number of halogens is 3. The van der Waals surface area contributed by atoms with Crippen molar-refractivity contribution in [2.75, 3.05) is 26.2 Å². The Morgan fingerprint density at radius 3 is 2.24 bits per heavy atom. The molecule has 0 aromatic heterocycles. The van der Waals surface area contributed by atoms with Gasteiger partial charge in [0.15, 0.2) is 0 Å². The molecular formula is C17H24Cl3N3O2. The molecule has 0 bridgehead atoms. The van der Waals surface area contributed by atoms with Gasteiger partial charge in [0.2, 0.25) is 5.91 Å². The zero-order valence-electron chi connectivity index (χ0n) is 14.4. The monoisotopic (exact) mass is 407 g/mol. The molecule has 25 heavy (non-hydrogen) atoms. The van der Waals surface area contributed by atoms with Crippen molar-refractivity contribution in [2.24, 2.45) is 11.7 Å². The average Bonchev–Trinajstić information content (AvgIpc) is 2.59. The molecular weight excluding hydrogens is 385 g/mol. The van der Waals surface area contributed by atoms with Crippen LogP contribution in [-0.4, -0.2) is 53.8 Å². The maximum Gasteiger partial charge on any atom is 0.255 e. The zero-order valence-corrected chi connectivity index (χ0v) is 16.7. The van der Waals surface area contributed by atoms with Crippen molar-refractivity contribution in [1.82, 2.24) is 9.80 Å². The summed E-state index contributed by atoms with van der Waals surface area (Å²) in [5.74, 6) is -0.0407. The van der Waals surface area contributed by atoms with Gasteiger partial charge in [0.25, 0.3) is 5.91 Å². The first-order valence-corrected chi connectivity index (χ1v) is 8.89. The largest absolute Gasteiger partial charge is 0.338 e. The van der Waals surface area contributed by atoms with Crippen LogP contribution in [0.3, 0.4) is 0 Å². The molecule has 1 aromatic rings. The van der Waals surface area contributed by atoms with Crippen LogP contribution in [-0.2, 0) is 4.79 Å². The number of rotatable bonds is 4. The van der Waals surface area contributed by atoms with Crippen molar-refractivity contribution in [3.63, 3.8) is 0 Å². The van der Waals surface area contributed by atoms with E-state index in [9.17, 15) is 9.59 Å². The fraction of sp³-hybridized carbons (Fsp3) is 0.529. The number of amides is 2. The number of hydrogen-bond acceptors (Lipinski definition) is 3. The Hall–Kier alpha value is -1.01. The number of carbonyl (C=O) groups is 2. The maximum atomic E-state index is 12.6. The van der Waals surface area contributed by atoms with Gasteiger partial charge in [0.05, 0.1) is 16.6 Å². The van der Waals surface area contributed by atoms with Gasteiger partial charge in [-0.2, -0.15) is 0 Å². The predicted molar refractivity (Wildman–Crippen MR) is 104 cm³/mol. The smallest absolute Gasteiger partial charge is 0.255 e. The molecule has 1 heterocycles. The van der Waals surface area contributed by atoms with Crippen LogP contribution >= 0.6 is 35.6 Å². The normalized spacial score (nSPS) is 16.8. The number of nitrogens with two attached hydrogens (primary N) is 1. The SMILES string of the molecule is CCC(C)C(N)C(=O)N1CCN(C(=O)c2ccc(Cl)cc2Cl)CC1.Cl. The second-order valence-corrected chi connectivity index (χ2v) is 7.00. The Kier molecular flexibility index (Phi) is 8.48. The summed E-state index contributed by atoms with van der Waals surface area (Å²) in [4.78, 5) is 28.4. The second-order valence-electron chi connectivity index (χ2n) is 6.15. The van der Waals surface area contributed by atoms with Gasteiger partial charge in [-0.05, 0) is 24.1 Å². The Bertz CT molecular complexity index is 619. The standard InChI is InChI=1S/C17H23Cl2N3O2.ClH/c1-3-11(2)15(20)17(24)22-8-6-21(7-9-22)16(23)13-5-4-12(18)10-14(13)19;/h4-5,10-11,15H,3,6-9,20H2,1-2H3;1H. The van der Waals surface area contributed by atoms with Crippen LogP contribution in [0, 0.1) is 5.92 Å². The van der Waals surface area contributed by atoms with Crippen LogP contribution in [0.1, 0.15) is 30.6 Å². The second kappa shape index (κ2) is 9.62. The van der Waals surface area contributed by atoms with E-state index in [0.717, 1.165) is 6.42 Å². The van der Waals surface area contributed by atoms with Crippen molar-refractivity contribution in [3.8, 4) is 0 Å². The summed E-state index contributed by atoms with van der Waals surface area (Å²) in [6.07, 6.45) is 0.862. The van der Waals surface area contributed by atoms with E-state index in [1.807, 2.05) is 13.8 Å². The van der Waals surface area contributed by atoms with E-state index in [-0.39, 0.29) is 30.1 Å². The number of hydrogen-bond donors (Lipinski definition) is 1. The average molecular weight is 409 g/mol. The molecule has 1 aliphatic heterocycles. The topological polar surface area (TPSA) is 66.6 Å².